The number of hydrogen-bond donors (Lipinski definition) is 3. The van der Waals surface area contributed by atoms with Crippen LogP contribution in [0.15, 0.2) is 72.3 Å². The topological polar surface area (TPSA) is 105 Å². The maximum absolute atomic E-state index is 17.6. The zero-order chi connectivity index (χ0) is 31.1. The molecule has 4 aliphatic carbocycles. The number of nitrogens with one attached hydrogen (secondary N) is 1. The van der Waals surface area contributed by atoms with Crippen LogP contribution in [0.3, 0.4) is 0 Å². The van der Waals surface area contributed by atoms with Gasteiger partial charge in [-0.25, -0.2) is 4.39 Å². The van der Waals surface area contributed by atoms with Gasteiger partial charge in [-0.1, -0.05) is 55.0 Å². The van der Waals surface area contributed by atoms with Crippen molar-refractivity contribution in [3.63, 3.8) is 0 Å². The van der Waals surface area contributed by atoms with Gasteiger partial charge in [0.25, 0.3) is 0 Å². The molecule has 4 fully saturated rings. The molecule has 3 saturated carbocycles. The normalized spacial score (nSPS) is 40.5. The van der Waals surface area contributed by atoms with Gasteiger partial charge in [0.2, 0.25) is 0 Å². The molecule has 44 heavy (non-hydrogen) atoms. The van der Waals surface area contributed by atoms with E-state index in [2.05, 4.69) is 17.4 Å². The summed E-state index contributed by atoms with van der Waals surface area (Å²) in [5.41, 5.74) is -0.863. The number of ketones is 2. The molecule has 1 saturated heterocycles. The van der Waals surface area contributed by atoms with Gasteiger partial charge in [-0.3, -0.25) is 9.59 Å². The van der Waals surface area contributed by atoms with Crippen molar-refractivity contribution in [3.8, 4) is 0 Å². The number of carbonyl (C=O) groups excluding carboxylic acids is 2. The Labute approximate surface area is 257 Å². The van der Waals surface area contributed by atoms with Crippen LogP contribution in [0.25, 0.3) is 0 Å². The van der Waals surface area contributed by atoms with Gasteiger partial charge in [-0.2, -0.15) is 0 Å². The number of rotatable bonds is 6. The maximum atomic E-state index is 17.6. The molecular formula is C36H40FNO6. The Kier molecular flexibility index (Phi) is 6.83. The van der Waals surface area contributed by atoms with Crippen molar-refractivity contribution in [1.82, 2.24) is 0 Å². The second-order valence-electron chi connectivity index (χ2n) is 13.8. The number of halogens is 1. The van der Waals surface area contributed by atoms with Crippen LogP contribution in [0.1, 0.15) is 62.5 Å². The Morgan fingerprint density at radius 3 is 2.61 bits per heavy atom. The minimum Gasteiger partial charge on any atom is -0.390 e. The Hall–Kier alpha value is -3.17. The Bertz CT molecular complexity index is 1570. The van der Waals surface area contributed by atoms with Crippen molar-refractivity contribution < 1.29 is 33.7 Å². The molecule has 7 rings (SSSR count). The molecule has 3 N–H and O–H groups in total. The lowest BCUT2D eigenvalue weighted by atomic mass is 9.44. The fourth-order valence-electron chi connectivity index (χ4n) is 9.59. The number of ether oxygens (including phenoxy) is 2. The van der Waals surface area contributed by atoms with Crippen LogP contribution in [0.5, 0.6) is 0 Å². The van der Waals surface area contributed by atoms with Crippen molar-refractivity contribution >= 4 is 17.3 Å². The van der Waals surface area contributed by atoms with Gasteiger partial charge in [0.15, 0.2) is 29.1 Å². The van der Waals surface area contributed by atoms with Crippen molar-refractivity contribution in [1.29, 1.82) is 0 Å². The molecule has 2 aromatic carbocycles. The zero-order valence-corrected chi connectivity index (χ0v) is 25.4. The molecule has 0 bridgehead atoms. The summed E-state index contributed by atoms with van der Waals surface area (Å²) in [6.45, 7) is 2.93. The molecule has 1 heterocycles. The number of benzene rings is 2. The number of aliphatic hydroxyl groups is 2. The molecule has 1 aliphatic heterocycles. The number of fused-ring (bicyclic) bond motifs is 7. The summed E-state index contributed by atoms with van der Waals surface area (Å²) in [4.78, 5) is 25.9. The van der Waals surface area contributed by atoms with Crippen molar-refractivity contribution in [2.45, 2.75) is 75.7 Å². The van der Waals surface area contributed by atoms with Gasteiger partial charge in [0.1, 0.15) is 6.61 Å². The number of aliphatic hydroxyl groups excluding tert-OH is 2. The van der Waals surface area contributed by atoms with E-state index in [0.29, 0.717) is 24.8 Å². The summed E-state index contributed by atoms with van der Waals surface area (Å²) in [7, 11) is 1.89. The fraction of sp³-hybridized carbons (Fsp3) is 0.500. The number of Topliss-reactive ketones (excluding diaryl/α,β-unsaturated/α-hetero) is 1. The third kappa shape index (κ3) is 3.87. The van der Waals surface area contributed by atoms with Crippen molar-refractivity contribution in [3.05, 3.63) is 89.0 Å². The van der Waals surface area contributed by atoms with E-state index in [9.17, 15) is 19.8 Å². The quantitative estimate of drug-likeness (QED) is 0.428. The number of alkyl halides is 1. The lowest BCUT2D eigenvalue weighted by Crippen LogP contribution is -2.69. The van der Waals surface area contributed by atoms with E-state index in [4.69, 9.17) is 9.47 Å². The smallest absolute Gasteiger partial charge is 0.193 e. The van der Waals surface area contributed by atoms with Crippen LogP contribution in [0.2, 0.25) is 0 Å². The SMILES string of the molecule is CNc1cccc(Cc2ccc(C3O[C@@H]4C[C@H]5[C@@H]6CCC7=CC(=O)C=C[C@]7(C)[C@@]6(F)[C@@H](O)C[C@]5(C)[C@]4(C(=O)CO)O3)cc2)c1. The van der Waals surface area contributed by atoms with Crippen molar-refractivity contribution in [2.24, 2.45) is 22.7 Å². The van der Waals surface area contributed by atoms with E-state index in [0.717, 1.165) is 23.2 Å². The lowest BCUT2D eigenvalue weighted by molar-refractivity contribution is -0.231. The predicted molar refractivity (Wildman–Crippen MR) is 162 cm³/mol. The van der Waals surface area contributed by atoms with Crippen LogP contribution in [-0.2, 0) is 25.5 Å². The summed E-state index contributed by atoms with van der Waals surface area (Å²) >= 11 is 0. The minimum absolute atomic E-state index is 0.0295. The number of anilines is 1. The highest BCUT2D eigenvalue weighted by molar-refractivity contribution is 6.01. The fourth-order valence-corrected chi connectivity index (χ4v) is 9.59. The van der Waals surface area contributed by atoms with Crippen LogP contribution in [0.4, 0.5) is 10.1 Å². The van der Waals surface area contributed by atoms with Gasteiger partial charge in [0.05, 0.1) is 12.2 Å². The Morgan fingerprint density at radius 2 is 1.89 bits per heavy atom. The zero-order valence-electron chi connectivity index (χ0n) is 25.4. The summed E-state index contributed by atoms with van der Waals surface area (Å²) in [5, 5.41) is 25.1. The lowest BCUT2D eigenvalue weighted by Gasteiger charge is -2.62. The molecule has 1 unspecified atom stereocenters. The maximum Gasteiger partial charge on any atom is 0.193 e. The second-order valence-corrected chi connectivity index (χ2v) is 13.8. The first-order valence-electron chi connectivity index (χ1n) is 15.6. The second kappa shape index (κ2) is 10.2. The highest BCUT2D eigenvalue weighted by Crippen LogP contribution is 2.72. The highest BCUT2D eigenvalue weighted by atomic mass is 19.1. The first-order valence-corrected chi connectivity index (χ1v) is 15.6. The molecule has 0 spiro atoms. The van der Waals surface area contributed by atoms with E-state index in [1.54, 1.807) is 13.0 Å². The van der Waals surface area contributed by atoms with Crippen LogP contribution >= 0.6 is 0 Å². The number of allylic oxidation sites excluding steroid dienone is 4. The minimum atomic E-state index is -2.03. The van der Waals surface area contributed by atoms with E-state index in [-0.39, 0.29) is 18.1 Å². The highest BCUT2D eigenvalue weighted by Gasteiger charge is 2.79. The van der Waals surface area contributed by atoms with Gasteiger partial charge in [-0.05, 0) is 80.4 Å². The summed E-state index contributed by atoms with van der Waals surface area (Å²) < 4.78 is 30.7. The monoisotopic (exact) mass is 601 g/mol. The third-order valence-electron chi connectivity index (χ3n) is 11.8. The van der Waals surface area contributed by atoms with E-state index in [1.165, 1.54) is 17.7 Å². The molecule has 0 aromatic heterocycles. The predicted octanol–water partition coefficient (Wildman–Crippen LogP) is 5.01. The number of carbonyl (C=O) groups is 2. The molecule has 2 aromatic rings. The number of hydrogen-bond acceptors (Lipinski definition) is 7. The standard InChI is InChI=1S/C36H40FNO6/c1-33-14-13-26(40)17-24(33)11-12-27-28-18-31-36(30(42)20-39,34(28,2)19-29(41)35(27,33)37)44-32(43-31)23-9-7-21(8-10-23)15-22-5-4-6-25(16-22)38-3/h4-10,13-14,16-17,27-29,31-32,38-39,41H,11-12,15,18-20H2,1-3H3/t27-,28-,29-,31+,32?,33-,34-,35-,36+/m0/s1. The van der Waals surface area contributed by atoms with Gasteiger partial charge in [0, 0.05) is 35.0 Å². The molecule has 232 valence electrons. The van der Waals surface area contributed by atoms with Crippen LogP contribution < -0.4 is 5.32 Å². The van der Waals surface area contributed by atoms with Crippen molar-refractivity contribution in [2.75, 3.05) is 19.0 Å². The molecule has 7 nitrogen and oxygen atoms in total. The molecule has 8 heteroatoms. The average molecular weight is 602 g/mol. The summed E-state index contributed by atoms with van der Waals surface area (Å²) in [6.07, 6.45) is 3.65. The van der Waals surface area contributed by atoms with Gasteiger partial charge < -0.3 is 25.0 Å². The van der Waals surface area contributed by atoms with Crippen LogP contribution in [0, 0.1) is 22.7 Å². The molecule has 0 amide bonds. The summed E-state index contributed by atoms with van der Waals surface area (Å²) in [5.74, 6) is -1.59. The molecule has 5 aliphatic rings. The summed E-state index contributed by atoms with van der Waals surface area (Å²) in [6, 6.07) is 16.1. The average Bonchev–Trinajstić information content (AvgIpc) is 3.51. The van der Waals surface area contributed by atoms with Gasteiger partial charge >= 0.3 is 0 Å². The largest absolute Gasteiger partial charge is 0.390 e. The van der Waals surface area contributed by atoms with E-state index < -0.39 is 58.9 Å². The first kappa shape index (κ1) is 29.5. The molecule has 0 radical (unpaired) electrons. The van der Waals surface area contributed by atoms with Gasteiger partial charge in [-0.15, -0.1) is 0 Å². The first-order chi connectivity index (χ1) is 21.0. The third-order valence-corrected chi connectivity index (χ3v) is 11.8. The molecular weight excluding hydrogens is 561 g/mol. The van der Waals surface area contributed by atoms with E-state index >= 15 is 4.39 Å². The van der Waals surface area contributed by atoms with Crippen LogP contribution in [-0.4, -0.2) is 58.9 Å². The Morgan fingerprint density at radius 1 is 1.11 bits per heavy atom. The van der Waals surface area contributed by atoms with E-state index in [1.807, 2.05) is 50.4 Å². The Balaban J connectivity index is 1.18. The molecule has 9 atom stereocenters.